The van der Waals surface area contributed by atoms with E-state index < -0.39 is 64.1 Å². The summed E-state index contributed by atoms with van der Waals surface area (Å²) in [7, 11) is -9.78. The lowest BCUT2D eigenvalue weighted by Gasteiger charge is -2.09. The van der Waals surface area contributed by atoms with E-state index in [1.165, 1.54) is 9.44 Å². The number of hydrogen-bond donors (Lipinski definition) is 2. The van der Waals surface area contributed by atoms with E-state index in [0.717, 1.165) is 36.4 Å². The van der Waals surface area contributed by atoms with Gasteiger partial charge >= 0.3 is 0 Å². The first-order valence-corrected chi connectivity index (χ1v) is 10.0. The Balaban J connectivity index is 2.36. The van der Waals surface area contributed by atoms with Crippen molar-refractivity contribution >= 4 is 31.4 Å². The Morgan fingerprint density at radius 1 is 0.786 bits per heavy atom. The van der Waals surface area contributed by atoms with Crippen LogP contribution in [0.2, 0.25) is 0 Å². The Morgan fingerprint density at radius 3 is 1.46 bits per heavy atom. The Morgan fingerprint density at radius 2 is 1.14 bits per heavy atom. The third-order valence-corrected chi connectivity index (χ3v) is 5.60. The van der Waals surface area contributed by atoms with E-state index in [1.54, 1.807) is 0 Å². The Kier molecular flexibility index (Phi) is 4.81. The molecule has 0 saturated carbocycles. The summed E-state index contributed by atoms with van der Waals surface area (Å²) in [5.74, 6) is 0. The van der Waals surface area contributed by atoms with Gasteiger partial charge in [0, 0.05) is 42.7 Å². The summed E-state index contributed by atoms with van der Waals surface area (Å²) >= 11 is 0. The van der Waals surface area contributed by atoms with Gasteiger partial charge in [0.15, 0.2) is 0 Å². The van der Waals surface area contributed by atoms with E-state index in [4.69, 9.17) is 5.48 Å². The Labute approximate surface area is 165 Å². The number of nitrogens with zero attached hydrogens (tertiary/aromatic N) is 2. The minimum Gasteiger partial charge on any atom is -0.258 e. The van der Waals surface area contributed by atoms with E-state index in [1.807, 2.05) is 0 Å². The van der Waals surface area contributed by atoms with E-state index >= 15 is 0 Å². The van der Waals surface area contributed by atoms with Gasteiger partial charge in [0.05, 0.1) is 19.6 Å². The van der Waals surface area contributed by atoms with Crippen molar-refractivity contribution in [2.45, 2.75) is 9.79 Å². The van der Waals surface area contributed by atoms with Crippen molar-refractivity contribution in [3.63, 3.8) is 0 Å². The van der Waals surface area contributed by atoms with Crippen LogP contribution in [0, 0.1) is 20.2 Å². The normalized spacial score (nSPS) is 15.0. The number of nitro groups is 2. The van der Waals surface area contributed by atoms with E-state index in [-0.39, 0.29) is 0 Å². The maximum absolute atomic E-state index is 12.4. The summed E-state index contributed by atoms with van der Waals surface area (Å²) in [6.07, 6.45) is 0. The lowest BCUT2D eigenvalue weighted by Crippen LogP contribution is -2.34. The van der Waals surface area contributed by atoms with E-state index in [9.17, 15) is 37.1 Å². The van der Waals surface area contributed by atoms with Crippen LogP contribution in [0.1, 0.15) is 5.48 Å². The number of sulfonamides is 2. The summed E-state index contributed by atoms with van der Waals surface area (Å²) in [5.41, 5.74) is -1.27. The first kappa shape index (κ1) is 16.1. The smallest absolute Gasteiger partial charge is 0.258 e. The van der Waals surface area contributed by atoms with E-state index in [0.29, 0.717) is 12.1 Å². The number of hydrogen-bond acceptors (Lipinski definition) is 8. The van der Waals surface area contributed by atoms with Crippen LogP contribution in [-0.4, -0.2) is 39.7 Å². The second-order valence-electron chi connectivity index (χ2n) is 4.97. The molecule has 0 atom stereocenters. The van der Waals surface area contributed by atoms with Crippen LogP contribution in [0.15, 0.2) is 58.3 Å². The molecule has 0 fully saturated rings. The fourth-order valence-corrected chi connectivity index (χ4v) is 3.51. The number of benzene rings is 2. The molecule has 0 aliphatic heterocycles. The third kappa shape index (κ3) is 5.29. The SMILES string of the molecule is [2H]C([2H])(NS(=O)(=O)c1cccc([N+](=O)[O-])c1)C([2H])([2H])NS(=O)(=O)c1cccc([N+](=O)[O-])c1. The highest BCUT2D eigenvalue weighted by molar-refractivity contribution is 7.90. The van der Waals surface area contributed by atoms with Crippen molar-refractivity contribution in [3.8, 4) is 0 Å². The second kappa shape index (κ2) is 8.39. The zero-order chi connectivity index (χ0) is 24.5. The molecule has 2 N–H and O–H groups in total. The molecule has 0 aromatic heterocycles. The zero-order valence-corrected chi connectivity index (χ0v) is 15.2. The van der Waals surface area contributed by atoms with Gasteiger partial charge < -0.3 is 0 Å². The molecule has 14 heteroatoms. The molecule has 0 heterocycles. The highest BCUT2D eigenvalue weighted by Gasteiger charge is 2.19. The molecule has 0 aliphatic carbocycles. The number of rotatable bonds is 9. The Hall–Kier alpha value is -2.94. The summed E-state index contributed by atoms with van der Waals surface area (Å²) in [4.78, 5) is 18.3. The number of nitrogens with one attached hydrogen (secondary N) is 2. The van der Waals surface area contributed by atoms with Crippen molar-refractivity contribution < 1.29 is 32.2 Å². The zero-order valence-electron chi connectivity index (χ0n) is 17.6. The van der Waals surface area contributed by atoms with Crippen molar-refractivity contribution in [1.29, 1.82) is 0 Å². The fraction of sp³-hybridized carbons (Fsp3) is 0.143. The molecule has 0 aliphatic rings. The molecule has 0 bridgehead atoms. The monoisotopic (exact) mass is 434 g/mol. The van der Waals surface area contributed by atoms with Crippen LogP contribution in [0.3, 0.4) is 0 Å². The number of non-ortho nitro benzene ring substituents is 2. The first-order valence-electron chi connectivity index (χ1n) is 9.05. The van der Waals surface area contributed by atoms with Crippen LogP contribution in [0.25, 0.3) is 0 Å². The Bertz CT molecular complexity index is 1190. The van der Waals surface area contributed by atoms with Crippen molar-refractivity contribution in [3.05, 3.63) is 68.8 Å². The van der Waals surface area contributed by atoms with Crippen LogP contribution in [0.5, 0.6) is 0 Å². The minimum absolute atomic E-state index is 0.598. The second-order valence-corrected chi connectivity index (χ2v) is 8.33. The molecule has 12 nitrogen and oxygen atoms in total. The lowest BCUT2D eigenvalue weighted by atomic mass is 10.3. The molecule has 0 amide bonds. The van der Waals surface area contributed by atoms with Gasteiger partial charge in [0.2, 0.25) is 20.0 Å². The predicted molar refractivity (Wildman–Crippen MR) is 96.6 cm³/mol. The fourth-order valence-electron chi connectivity index (χ4n) is 1.83. The van der Waals surface area contributed by atoms with Crippen LogP contribution in [-0.2, 0) is 20.0 Å². The van der Waals surface area contributed by atoms with Crippen molar-refractivity contribution in [2.24, 2.45) is 0 Å². The highest BCUT2D eigenvalue weighted by atomic mass is 32.2. The minimum atomic E-state index is -4.89. The topological polar surface area (TPSA) is 179 Å². The maximum atomic E-state index is 12.4. The van der Waals surface area contributed by atoms with Gasteiger partial charge in [0.1, 0.15) is 0 Å². The molecule has 28 heavy (non-hydrogen) atoms. The molecule has 2 rings (SSSR count). The predicted octanol–water partition coefficient (Wildman–Crippen LogP) is 0.760. The molecular weight excluding hydrogens is 416 g/mol. The average molecular weight is 434 g/mol. The largest absolute Gasteiger partial charge is 0.270 e. The third-order valence-electron chi connectivity index (χ3n) is 3.11. The van der Waals surface area contributed by atoms with Crippen molar-refractivity contribution in [2.75, 3.05) is 13.0 Å². The highest BCUT2D eigenvalue weighted by Crippen LogP contribution is 2.18. The summed E-state index contributed by atoms with van der Waals surface area (Å²) in [6, 6.07) is 6.91. The molecule has 2 aromatic carbocycles. The molecule has 0 unspecified atom stereocenters. The summed E-state index contributed by atoms with van der Waals surface area (Å²) < 4.78 is 83.4. The molecule has 0 saturated heterocycles. The quantitative estimate of drug-likeness (QED) is 0.429. The van der Waals surface area contributed by atoms with Gasteiger partial charge in [-0.05, 0) is 12.1 Å². The van der Waals surface area contributed by atoms with Gasteiger partial charge in [-0.2, -0.15) is 0 Å². The molecule has 0 radical (unpaired) electrons. The van der Waals surface area contributed by atoms with Gasteiger partial charge in [-0.1, -0.05) is 12.1 Å². The van der Waals surface area contributed by atoms with Crippen LogP contribution in [0.4, 0.5) is 11.4 Å². The van der Waals surface area contributed by atoms with Gasteiger partial charge in [-0.15, -0.1) is 0 Å². The van der Waals surface area contributed by atoms with Crippen LogP contribution < -0.4 is 9.44 Å². The summed E-state index contributed by atoms with van der Waals surface area (Å²) in [5, 5.41) is 21.6. The van der Waals surface area contributed by atoms with Crippen LogP contribution >= 0.6 is 0 Å². The molecular formula is C14H14N4O8S2. The average Bonchev–Trinajstić information content (AvgIpc) is 2.66. The number of nitro benzene ring substituents is 2. The maximum Gasteiger partial charge on any atom is 0.270 e. The van der Waals surface area contributed by atoms with Crippen molar-refractivity contribution in [1.82, 2.24) is 9.44 Å². The molecule has 150 valence electrons. The lowest BCUT2D eigenvalue weighted by molar-refractivity contribution is -0.385. The molecule has 2 aromatic rings. The van der Waals surface area contributed by atoms with Gasteiger partial charge in [-0.25, -0.2) is 26.3 Å². The summed E-state index contributed by atoms with van der Waals surface area (Å²) in [6.45, 7) is -7.21. The molecule has 0 spiro atoms. The van der Waals surface area contributed by atoms with Gasteiger partial charge in [-0.3, -0.25) is 20.2 Å². The first-order chi connectivity index (χ1) is 14.5. The van der Waals surface area contributed by atoms with Gasteiger partial charge in [0.25, 0.3) is 11.4 Å². The van der Waals surface area contributed by atoms with E-state index in [2.05, 4.69) is 0 Å². The standard InChI is InChI=1S/C14H14N4O8S2/c19-17(20)11-3-1-5-13(9-11)27(23,24)15-7-8-16-28(25,26)14-6-2-4-12(10-14)18(21)22/h1-6,9-10,15-16H,7-8H2/i7D2,8D2.